The molecule has 1 aromatic carbocycles. The van der Waals surface area contributed by atoms with E-state index in [0.717, 1.165) is 37.7 Å². The van der Waals surface area contributed by atoms with E-state index in [9.17, 15) is 14.4 Å². The van der Waals surface area contributed by atoms with Gasteiger partial charge < -0.3 is 0 Å². The number of amides is 4. The van der Waals surface area contributed by atoms with Crippen LogP contribution in [0.3, 0.4) is 0 Å². The molecule has 1 aliphatic heterocycles. The van der Waals surface area contributed by atoms with E-state index >= 15 is 0 Å². The molecular weight excluding hydrogens is 376 g/mol. The lowest BCUT2D eigenvalue weighted by Crippen LogP contribution is -2.56. The van der Waals surface area contributed by atoms with Crippen LogP contribution >= 0.6 is 0 Å². The van der Waals surface area contributed by atoms with Crippen molar-refractivity contribution in [2.75, 3.05) is 13.1 Å². The molecule has 5 nitrogen and oxygen atoms in total. The molecule has 162 valence electrons. The summed E-state index contributed by atoms with van der Waals surface area (Å²) in [5.74, 6) is -0.973. The van der Waals surface area contributed by atoms with Crippen LogP contribution in [-0.2, 0) is 9.59 Å². The number of rotatable bonds is 12. The molecule has 0 radical (unpaired) electrons. The average Bonchev–Trinajstić information content (AvgIpc) is 2.75. The van der Waals surface area contributed by atoms with Crippen molar-refractivity contribution >= 4 is 23.9 Å². The van der Waals surface area contributed by atoms with Crippen LogP contribution in [0.2, 0.25) is 0 Å². The van der Waals surface area contributed by atoms with Crippen LogP contribution in [0.4, 0.5) is 4.79 Å². The standard InChI is InChI=1S/C25H34N2O3/c1-3-5-7-8-9-13-20-27-24(29)22(18-14-17-21-15-11-10-12-16-21)23(28)26(25(27)30)19-6-4-2/h10-12,14-18H,3-9,13,19-20H2,1-2H3/b17-14-,22-18+. The normalized spacial score (nSPS) is 16.3. The van der Waals surface area contributed by atoms with E-state index in [-0.39, 0.29) is 5.57 Å². The summed E-state index contributed by atoms with van der Waals surface area (Å²) in [6.07, 6.45) is 13.1. The number of benzene rings is 1. The van der Waals surface area contributed by atoms with Gasteiger partial charge in [0.1, 0.15) is 5.57 Å². The van der Waals surface area contributed by atoms with E-state index in [4.69, 9.17) is 0 Å². The lowest BCUT2D eigenvalue weighted by molar-refractivity contribution is -0.136. The van der Waals surface area contributed by atoms with E-state index in [0.29, 0.717) is 13.1 Å². The summed E-state index contributed by atoms with van der Waals surface area (Å²) in [5, 5.41) is 0. The number of barbiturate groups is 1. The van der Waals surface area contributed by atoms with Crippen LogP contribution in [-0.4, -0.2) is 40.7 Å². The average molecular weight is 411 g/mol. The van der Waals surface area contributed by atoms with Crippen LogP contribution in [0.25, 0.3) is 6.08 Å². The third-order valence-electron chi connectivity index (χ3n) is 5.23. The molecule has 4 amide bonds. The fourth-order valence-corrected chi connectivity index (χ4v) is 3.42. The van der Waals surface area contributed by atoms with E-state index in [1.807, 2.05) is 43.3 Å². The van der Waals surface area contributed by atoms with Gasteiger partial charge >= 0.3 is 6.03 Å². The molecule has 2 rings (SSSR count). The maximum Gasteiger partial charge on any atom is 0.333 e. The molecule has 0 spiro atoms. The zero-order valence-electron chi connectivity index (χ0n) is 18.3. The molecule has 30 heavy (non-hydrogen) atoms. The lowest BCUT2D eigenvalue weighted by Gasteiger charge is -2.34. The molecule has 0 saturated carbocycles. The number of urea groups is 1. The summed E-state index contributed by atoms with van der Waals surface area (Å²) in [4.78, 5) is 41.1. The second kappa shape index (κ2) is 12.8. The van der Waals surface area contributed by atoms with Crippen molar-refractivity contribution in [3.8, 4) is 0 Å². The Bertz CT molecular complexity index is 768. The summed E-state index contributed by atoms with van der Waals surface area (Å²) in [5.41, 5.74) is 1.04. The number of hydrogen-bond donors (Lipinski definition) is 0. The van der Waals surface area contributed by atoms with Gasteiger partial charge in [-0.1, -0.05) is 94.9 Å². The van der Waals surface area contributed by atoms with Crippen molar-refractivity contribution in [3.05, 3.63) is 53.6 Å². The Morgan fingerprint density at radius 3 is 1.93 bits per heavy atom. The number of imide groups is 2. The molecule has 0 aromatic heterocycles. The Hall–Kier alpha value is -2.69. The van der Waals surface area contributed by atoms with Gasteiger partial charge in [0, 0.05) is 13.1 Å². The maximum atomic E-state index is 12.9. The van der Waals surface area contributed by atoms with Gasteiger partial charge in [-0.05, 0) is 24.5 Å². The van der Waals surface area contributed by atoms with Gasteiger partial charge in [-0.2, -0.15) is 0 Å². The molecule has 1 aromatic rings. The third-order valence-corrected chi connectivity index (χ3v) is 5.23. The van der Waals surface area contributed by atoms with Crippen LogP contribution < -0.4 is 0 Å². The predicted molar refractivity (Wildman–Crippen MR) is 121 cm³/mol. The van der Waals surface area contributed by atoms with Crippen LogP contribution in [0.5, 0.6) is 0 Å². The molecule has 0 N–H and O–H groups in total. The van der Waals surface area contributed by atoms with Gasteiger partial charge in [-0.25, -0.2) is 4.79 Å². The summed E-state index contributed by atoms with van der Waals surface area (Å²) < 4.78 is 0. The highest BCUT2D eigenvalue weighted by Gasteiger charge is 2.40. The second-order valence-electron chi connectivity index (χ2n) is 7.67. The fraction of sp³-hybridized carbons (Fsp3) is 0.480. The number of allylic oxidation sites excluding steroid dienone is 2. The van der Waals surface area contributed by atoms with Crippen LogP contribution in [0, 0.1) is 0 Å². The highest BCUT2D eigenvalue weighted by molar-refractivity contribution is 6.28. The summed E-state index contributed by atoms with van der Waals surface area (Å²) in [6.45, 7) is 4.89. The Kier molecular flexibility index (Phi) is 10.1. The molecule has 1 fully saturated rings. The molecule has 1 saturated heterocycles. The molecule has 0 bridgehead atoms. The van der Waals surface area contributed by atoms with Gasteiger partial charge in [0.25, 0.3) is 11.8 Å². The van der Waals surface area contributed by atoms with Crippen LogP contribution in [0.15, 0.2) is 48.1 Å². The Labute approximate surface area is 180 Å². The first-order valence-electron chi connectivity index (χ1n) is 11.2. The fourth-order valence-electron chi connectivity index (χ4n) is 3.42. The third kappa shape index (κ3) is 6.68. The van der Waals surface area contributed by atoms with Crippen molar-refractivity contribution in [1.82, 2.24) is 9.80 Å². The maximum absolute atomic E-state index is 12.9. The van der Waals surface area contributed by atoms with E-state index in [1.165, 1.54) is 35.1 Å². The van der Waals surface area contributed by atoms with Gasteiger partial charge in [0.2, 0.25) is 0 Å². The SMILES string of the molecule is CCCCCCCCN1C(=O)/C(=C/C=C\c2ccccc2)C(=O)N(CCCC)C1=O. The lowest BCUT2D eigenvalue weighted by atomic mass is 10.1. The highest BCUT2D eigenvalue weighted by Crippen LogP contribution is 2.20. The minimum Gasteiger partial charge on any atom is -0.268 e. The quantitative estimate of drug-likeness (QED) is 0.257. The van der Waals surface area contributed by atoms with Crippen molar-refractivity contribution in [1.29, 1.82) is 0 Å². The molecule has 5 heteroatoms. The van der Waals surface area contributed by atoms with Crippen molar-refractivity contribution < 1.29 is 14.4 Å². The smallest absolute Gasteiger partial charge is 0.268 e. The van der Waals surface area contributed by atoms with Gasteiger partial charge in [0.15, 0.2) is 0 Å². The second-order valence-corrected chi connectivity index (χ2v) is 7.67. The number of carbonyl (C=O) groups excluding carboxylic acids is 3. The van der Waals surface area contributed by atoms with Gasteiger partial charge in [0.05, 0.1) is 0 Å². The Balaban J connectivity index is 2.13. The van der Waals surface area contributed by atoms with Crippen molar-refractivity contribution in [3.63, 3.8) is 0 Å². The topological polar surface area (TPSA) is 57.7 Å². The first kappa shape index (κ1) is 23.6. The zero-order valence-corrected chi connectivity index (χ0v) is 18.3. The number of hydrogen-bond acceptors (Lipinski definition) is 3. The van der Waals surface area contributed by atoms with Crippen molar-refractivity contribution in [2.45, 2.75) is 65.2 Å². The molecule has 1 heterocycles. The summed E-state index contributed by atoms with van der Waals surface area (Å²) >= 11 is 0. The predicted octanol–water partition coefficient (Wildman–Crippen LogP) is 5.58. The van der Waals surface area contributed by atoms with E-state index < -0.39 is 17.8 Å². The number of carbonyl (C=O) groups is 3. The number of nitrogens with zero attached hydrogens (tertiary/aromatic N) is 2. The van der Waals surface area contributed by atoms with Crippen LogP contribution in [0.1, 0.15) is 70.8 Å². The zero-order chi connectivity index (χ0) is 21.8. The van der Waals surface area contributed by atoms with Crippen molar-refractivity contribution in [2.24, 2.45) is 0 Å². The molecule has 0 aliphatic carbocycles. The first-order valence-corrected chi connectivity index (χ1v) is 11.2. The summed E-state index contributed by atoms with van der Waals surface area (Å²) in [7, 11) is 0. The molecule has 1 aliphatic rings. The van der Waals surface area contributed by atoms with Gasteiger partial charge in [-0.3, -0.25) is 19.4 Å². The Morgan fingerprint density at radius 2 is 1.30 bits per heavy atom. The van der Waals surface area contributed by atoms with Gasteiger partial charge in [-0.15, -0.1) is 0 Å². The molecule has 0 atom stereocenters. The first-order chi connectivity index (χ1) is 14.6. The monoisotopic (exact) mass is 410 g/mol. The highest BCUT2D eigenvalue weighted by atomic mass is 16.2. The summed E-state index contributed by atoms with van der Waals surface area (Å²) in [6, 6.07) is 9.20. The van der Waals surface area contributed by atoms with E-state index in [1.54, 1.807) is 6.08 Å². The minimum absolute atomic E-state index is 0.0591. The largest absolute Gasteiger partial charge is 0.333 e. The molecular formula is C25H34N2O3. The van der Waals surface area contributed by atoms with E-state index in [2.05, 4.69) is 6.92 Å². The Morgan fingerprint density at radius 1 is 0.733 bits per heavy atom. The molecule has 0 unspecified atom stereocenters. The minimum atomic E-state index is -0.490. The number of unbranched alkanes of at least 4 members (excludes halogenated alkanes) is 6.